The van der Waals surface area contributed by atoms with Crippen LogP contribution >= 0.6 is 0 Å². The Kier molecular flexibility index (Phi) is 7.70. The maximum Gasteiger partial charge on any atom is 0.250 e. The van der Waals surface area contributed by atoms with Crippen LogP contribution in [0.5, 0.6) is 11.5 Å². The van der Waals surface area contributed by atoms with Gasteiger partial charge in [0, 0.05) is 43.4 Å². The highest BCUT2D eigenvalue weighted by Gasteiger charge is 2.25. The highest BCUT2D eigenvalue weighted by atomic mass is 19.1. The van der Waals surface area contributed by atoms with Crippen LogP contribution in [0.1, 0.15) is 42.1 Å². The molecule has 0 radical (unpaired) electrons. The number of carbonyl (C=O) groups is 1. The van der Waals surface area contributed by atoms with E-state index >= 15 is 0 Å². The van der Waals surface area contributed by atoms with Gasteiger partial charge in [-0.15, -0.1) is 0 Å². The van der Waals surface area contributed by atoms with Gasteiger partial charge in [-0.1, -0.05) is 0 Å². The molecule has 0 aliphatic heterocycles. The fourth-order valence-corrected chi connectivity index (χ4v) is 4.09. The number of rotatable bonds is 13. The number of aliphatic hydroxyl groups is 1. The van der Waals surface area contributed by atoms with Gasteiger partial charge in [-0.2, -0.15) is 0 Å². The molecule has 1 aliphatic rings. The molecule has 1 unspecified atom stereocenters. The number of ether oxygens (including phenoxy) is 2. The lowest BCUT2D eigenvalue weighted by molar-refractivity contribution is 0.100. The van der Waals surface area contributed by atoms with Gasteiger partial charge in [-0.3, -0.25) is 4.79 Å². The normalized spacial score (nSPS) is 14.3. The summed E-state index contributed by atoms with van der Waals surface area (Å²) in [6.07, 6.45) is 5.48. The third-order valence-corrected chi connectivity index (χ3v) is 5.86. The predicted octanol–water partition coefficient (Wildman–Crippen LogP) is 3.40. The minimum Gasteiger partial charge on any atom is -0.488 e. The zero-order valence-corrected chi connectivity index (χ0v) is 19.4. The molecule has 1 amide bonds. The summed E-state index contributed by atoms with van der Waals surface area (Å²) >= 11 is 0. The van der Waals surface area contributed by atoms with E-state index in [2.05, 4.69) is 18.3 Å². The maximum absolute atomic E-state index is 13.6. The van der Waals surface area contributed by atoms with E-state index in [1.54, 1.807) is 6.07 Å². The van der Waals surface area contributed by atoms with Gasteiger partial charge in [-0.05, 0) is 68.5 Å². The van der Waals surface area contributed by atoms with Crippen molar-refractivity contribution < 1.29 is 23.8 Å². The first-order valence-corrected chi connectivity index (χ1v) is 11.8. The summed E-state index contributed by atoms with van der Waals surface area (Å²) in [5, 5.41) is 13.5. The number of hydrogen-bond donors (Lipinski definition) is 3. The number of amides is 1. The van der Waals surface area contributed by atoms with Crippen LogP contribution < -0.4 is 20.5 Å². The van der Waals surface area contributed by atoms with Crippen LogP contribution in [-0.2, 0) is 13.0 Å². The van der Waals surface area contributed by atoms with E-state index in [-0.39, 0.29) is 24.6 Å². The smallest absolute Gasteiger partial charge is 0.250 e. The number of aryl methyl sites for hydroxylation is 1. The molecule has 34 heavy (non-hydrogen) atoms. The Morgan fingerprint density at radius 1 is 1.26 bits per heavy atom. The van der Waals surface area contributed by atoms with Gasteiger partial charge in [0.2, 0.25) is 0 Å². The number of nitrogens with two attached hydrogens (primary N) is 1. The molecular formula is C26H32FN3O4. The second-order valence-corrected chi connectivity index (χ2v) is 8.85. The van der Waals surface area contributed by atoms with Gasteiger partial charge in [0.15, 0.2) is 11.5 Å². The molecule has 1 saturated carbocycles. The Hall–Kier alpha value is -3.10. The largest absolute Gasteiger partial charge is 0.488 e. The summed E-state index contributed by atoms with van der Waals surface area (Å²) < 4.78 is 27.2. The molecule has 0 saturated heterocycles. The summed E-state index contributed by atoms with van der Waals surface area (Å²) in [5.41, 5.74) is 7.97. The standard InChI is InChI=1S/C26H32FN3O4/c1-17(29-8-12-33-24-16-20(27)3-6-23(24)34-21-4-5-21)13-18-14-19-7-10-30(9-2-11-31)25(19)22(15-18)26(28)32/h3,6-7,10,14-17,21,29,31H,2,4-5,8-9,11-13H2,1H3,(H2,28,32). The summed E-state index contributed by atoms with van der Waals surface area (Å²) in [4.78, 5) is 12.1. The molecule has 0 bridgehead atoms. The molecule has 0 spiro atoms. The molecule has 4 N–H and O–H groups in total. The van der Waals surface area contributed by atoms with Crippen LogP contribution in [0.15, 0.2) is 42.6 Å². The number of hydrogen-bond acceptors (Lipinski definition) is 5. The number of fused-ring (bicyclic) bond motifs is 1. The molecule has 1 aliphatic carbocycles. The Balaban J connectivity index is 1.34. The van der Waals surface area contributed by atoms with Crippen molar-refractivity contribution >= 4 is 16.8 Å². The van der Waals surface area contributed by atoms with E-state index in [4.69, 9.17) is 20.3 Å². The number of nitrogens with zero attached hydrogens (tertiary/aromatic N) is 1. The molecule has 182 valence electrons. The lowest BCUT2D eigenvalue weighted by Gasteiger charge is -2.17. The molecule has 2 aromatic carbocycles. The average molecular weight is 470 g/mol. The Morgan fingerprint density at radius 2 is 2.09 bits per heavy atom. The zero-order valence-electron chi connectivity index (χ0n) is 19.4. The molecule has 3 aromatic rings. The van der Waals surface area contributed by atoms with Crippen LogP contribution in [0.3, 0.4) is 0 Å². The second kappa shape index (κ2) is 10.9. The van der Waals surface area contributed by atoms with Crippen molar-refractivity contribution in [1.29, 1.82) is 0 Å². The fraction of sp³-hybridized carbons (Fsp3) is 0.423. The van der Waals surface area contributed by atoms with Crippen LogP contribution in [0, 0.1) is 5.82 Å². The molecule has 1 aromatic heterocycles. The van der Waals surface area contributed by atoms with E-state index in [9.17, 15) is 9.18 Å². The fourth-order valence-electron chi connectivity index (χ4n) is 4.09. The van der Waals surface area contributed by atoms with Crippen molar-refractivity contribution in [3.63, 3.8) is 0 Å². The number of aromatic nitrogens is 1. The minimum absolute atomic E-state index is 0.0879. The van der Waals surface area contributed by atoms with Crippen LogP contribution in [0.4, 0.5) is 4.39 Å². The van der Waals surface area contributed by atoms with Crippen molar-refractivity contribution in [2.75, 3.05) is 19.8 Å². The number of carbonyl (C=O) groups excluding carboxylic acids is 1. The second-order valence-electron chi connectivity index (χ2n) is 8.85. The number of halogens is 1. The first kappa shape index (κ1) is 24.0. The van der Waals surface area contributed by atoms with Crippen molar-refractivity contribution in [2.45, 2.75) is 51.3 Å². The van der Waals surface area contributed by atoms with E-state index in [1.165, 1.54) is 12.1 Å². The number of benzene rings is 2. The quantitative estimate of drug-likeness (QED) is 0.333. The molecule has 1 heterocycles. The highest BCUT2D eigenvalue weighted by molar-refractivity contribution is 6.05. The minimum atomic E-state index is -0.468. The van der Waals surface area contributed by atoms with Gasteiger partial charge in [-0.25, -0.2) is 4.39 Å². The number of nitrogens with one attached hydrogen (secondary N) is 1. The first-order valence-electron chi connectivity index (χ1n) is 11.8. The lowest BCUT2D eigenvalue weighted by Crippen LogP contribution is -2.32. The Morgan fingerprint density at radius 3 is 2.82 bits per heavy atom. The molecule has 1 fully saturated rings. The predicted molar refractivity (Wildman–Crippen MR) is 129 cm³/mol. The third-order valence-electron chi connectivity index (χ3n) is 5.86. The van der Waals surface area contributed by atoms with Crippen LogP contribution in [-0.4, -0.2) is 47.5 Å². The number of primary amides is 1. The summed E-state index contributed by atoms with van der Waals surface area (Å²) in [7, 11) is 0. The van der Waals surface area contributed by atoms with Gasteiger partial charge in [0.05, 0.1) is 17.2 Å². The summed E-state index contributed by atoms with van der Waals surface area (Å²) in [5.74, 6) is 0.174. The summed E-state index contributed by atoms with van der Waals surface area (Å²) in [6, 6.07) is 10.4. The summed E-state index contributed by atoms with van der Waals surface area (Å²) in [6.45, 7) is 3.71. The SMILES string of the molecule is CC(Cc1cc(C(N)=O)c2c(ccn2CCCO)c1)NCCOc1cc(F)ccc1OC1CC1. The highest BCUT2D eigenvalue weighted by Crippen LogP contribution is 2.34. The molecule has 8 heteroatoms. The lowest BCUT2D eigenvalue weighted by atomic mass is 10.0. The number of aliphatic hydroxyl groups excluding tert-OH is 1. The van der Waals surface area contributed by atoms with E-state index in [1.807, 2.05) is 22.9 Å². The molecule has 1 atom stereocenters. The average Bonchev–Trinajstić information content (AvgIpc) is 3.53. The van der Waals surface area contributed by atoms with E-state index in [0.29, 0.717) is 49.6 Å². The first-order chi connectivity index (χ1) is 16.4. The van der Waals surface area contributed by atoms with Crippen LogP contribution in [0.25, 0.3) is 10.9 Å². The van der Waals surface area contributed by atoms with Gasteiger partial charge in [0.25, 0.3) is 5.91 Å². The van der Waals surface area contributed by atoms with Crippen molar-refractivity contribution in [3.8, 4) is 11.5 Å². The Bertz CT molecular complexity index is 1140. The van der Waals surface area contributed by atoms with E-state index in [0.717, 1.165) is 29.3 Å². The Labute approximate surface area is 198 Å². The van der Waals surface area contributed by atoms with Gasteiger partial charge < -0.3 is 30.2 Å². The van der Waals surface area contributed by atoms with E-state index < -0.39 is 5.91 Å². The molecular weight excluding hydrogens is 437 g/mol. The van der Waals surface area contributed by atoms with Gasteiger partial charge in [0.1, 0.15) is 12.4 Å². The topological polar surface area (TPSA) is 98.7 Å². The molecule has 4 rings (SSSR count). The maximum atomic E-state index is 13.6. The third kappa shape index (κ3) is 6.07. The monoisotopic (exact) mass is 469 g/mol. The van der Waals surface area contributed by atoms with Crippen molar-refractivity contribution in [1.82, 2.24) is 9.88 Å². The van der Waals surface area contributed by atoms with Gasteiger partial charge >= 0.3 is 0 Å². The van der Waals surface area contributed by atoms with Crippen LogP contribution in [0.2, 0.25) is 0 Å². The van der Waals surface area contributed by atoms with Crippen molar-refractivity contribution in [2.24, 2.45) is 5.73 Å². The molecule has 7 nitrogen and oxygen atoms in total. The van der Waals surface area contributed by atoms with Crippen molar-refractivity contribution in [3.05, 3.63) is 59.5 Å². The zero-order chi connectivity index (χ0) is 24.1.